The van der Waals surface area contributed by atoms with E-state index in [1.807, 2.05) is 37.3 Å². The van der Waals surface area contributed by atoms with Gasteiger partial charge in [-0.15, -0.1) is 38.1 Å². The summed E-state index contributed by atoms with van der Waals surface area (Å²) in [6, 6.07) is 11.5. The van der Waals surface area contributed by atoms with Gasteiger partial charge in [-0.2, -0.15) is 0 Å². The van der Waals surface area contributed by atoms with Crippen molar-refractivity contribution in [3.63, 3.8) is 0 Å². The Hall–Kier alpha value is -2.56. The Kier molecular flexibility index (Phi) is 14.3. The Bertz CT molecular complexity index is 1200. The smallest absolute Gasteiger partial charge is 0.168 e. The summed E-state index contributed by atoms with van der Waals surface area (Å²) in [5.74, 6) is 1.22. The predicted octanol–water partition coefficient (Wildman–Crippen LogP) is 6.51. The van der Waals surface area contributed by atoms with E-state index in [9.17, 15) is 5.11 Å². The predicted molar refractivity (Wildman–Crippen MR) is 175 cm³/mol. The topological polar surface area (TPSA) is 75.6 Å². The summed E-state index contributed by atoms with van der Waals surface area (Å²) in [7, 11) is 1.55. The first kappa shape index (κ1) is 34.9. The summed E-state index contributed by atoms with van der Waals surface area (Å²) in [5.41, 5.74) is 2.35. The Labute approximate surface area is 265 Å². The second-order valence-electron chi connectivity index (χ2n) is 9.79. The lowest BCUT2D eigenvalue weighted by atomic mass is 9.91. The minimum absolute atomic E-state index is 0.169. The number of methoxy groups -OCH3 is 1. The molecule has 9 heteroatoms. The molecule has 7 nitrogen and oxygen atoms in total. The van der Waals surface area contributed by atoms with Crippen LogP contribution in [-0.4, -0.2) is 75.4 Å². The standard InChI is InChI=1S/C34H43ClO7S/c1-7-16-38-23-30-31(40-17-8-2)32(41-18-9-3)33(42-19-10-4)34(36,43-30)27-21-25(28(35)22-29(27)37-6)20-24-12-14-26(15-13-24)39-11-5/h7-10,12-15,21-22,30-33,36H,1-4,11,16-20,23H2,5-6H3/t30-,31?,32+,33-,34?/m1/s1. The fraction of sp³-hybridized carbons (Fsp3) is 0.412. The number of ether oxygens (including phenoxy) is 6. The molecule has 2 unspecified atom stereocenters. The first-order chi connectivity index (χ1) is 20.9. The molecule has 1 N–H and O–H groups in total. The molecule has 234 valence electrons. The van der Waals surface area contributed by atoms with Crippen LogP contribution >= 0.6 is 23.4 Å². The van der Waals surface area contributed by atoms with Crippen molar-refractivity contribution >= 4 is 23.4 Å². The maximum atomic E-state index is 12.8. The minimum Gasteiger partial charge on any atom is -0.496 e. The fourth-order valence-corrected chi connectivity index (χ4v) is 6.82. The van der Waals surface area contributed by atoms with Crippen LogP contribution in [0, 0.1) is 0 Å². The molecule has 43 heavy (non-hydrogen) atoms. The van der Waals surface area contributed by atoms with Gasteiger partial charge in [-0.1, -0.05) is 48.0 Å². The second kappa shape index (κ2) is 17.7. The Morgan fingerprint density at radius 3 is 2.14 bits per heavy atom. The molecule has 0 aromatic heterocycles. The number of thioether (sulfide) groups is 1. The number of halogens is 1. The molecule has 1 aliphatic heterocycles. The van der Waals surface area contributed by atoms with Gasteiger partial charge in [0, 0.05) is 10.6 Å². The monoisotopic (exact) mass is 630 g/mol. The lowest BCUT2D eigenvalue weighted by Crippen LogP contribution is -2.61. The van der Waals surface area contributed by atoms with Crippen LogP contribution in [0.2, 0.25) is 5.02 Å². The number of benzene rings is 2. The quantitative estimate of drug-likeness (QED) is 0.139. The van der Waals surface area contributed by atoms with Crippen LogP contribution in [0.4, 0.5) is 0 Å². The average molecular weight is 631 g/mol. The van der Waals surface area contributed by atoms with Gasteiger partial charge in [0.15, 0.2) is 4.93 Å². The Morgan fingerprint density at radius 2 is 1.53 bits per heavy atom. The van der Waals surface area contributed by atoms with Gasteiger partial charge < -0.3 is 33.5 Å². The van der Waals surface area contributed by atoms with Crippen LogP contribution in [0.3, 0.4) is 0 Å². The summed E-state index contributed by atoms with van der Waals surface area (Å²) in [5, 5.41) is 12.9. The van der Waals surface area contributed by atoms with Gasteiger partial charge in [0.05, 0.1) is 52.0 Å². The summed E-state index contributed by atoms with van der Waals surface area (Å²) >= 11 is 8.06. The van der Waals surface area contributed by atoms with Gasteiger partial charge in [-0.3, -0.25) is 0 Å². The zero-order valence-corrected chi connectivity index (χ0v) is 26.6. The molecule has 0 radical (unpaired) electrons. The third kappa shape index (κ3) is 8.99. The van der Waals surface area contributed by atoms with Crippen LogP contribution in [0.15, 0.2) is 87.0 Å². The number of hydrogen-bond acceptors (Lipinski definition) is 8. The highest BCUT2D eigenvalue weighted by Crippen LogP contribution is 2.53. The van der Waals surface area contributed by atoms with Crippen molar-refractivity contribution in [2.24, 2.45) is 0 Å². The minimum atomic E-state index is -1.66. The molecule has 0 aliphatic carbocycles. The highest BCUT2D eigenvalue weighted by Gasteiger charge is 2.57. The average Bonchev–Trinajstić information content (AvgIpc) is 3.01. The lowest BCUT2D eigenvalue weighted by molar-refractivity contribution is -0.180. The number of aliphatic hydroxyl groups is 1. The molecule has 2 aromatic rings. The normalized spacial score (nSPS) is 23.3. The molecule has 1 heterocycles. The van der Waals surface area contributed by atoms with Gasteiger partial charge in [0.25, 0.3) is 0 Å². The maximum Gasteiger partial charge on any atom is 0.168 e. The first-order valence-electron chi connectivity index (χ1n) is 14.2. The molecule has 1 fully saturated rings. The molecule has 1 saturated heterocycles. The van der Waals surface area contributed by atoms with Crippen molar-refractivity contribution < 1.29 is 33.5 Å². The largest absolute Gasteiger partial charge is 0.496 e. The van der Waals surface area contributed by atoms with E-state index in [2.05, 4.69) is 26.3 Å². The lowest BCUT2D eigenvalue weighted by Gasteiger charge is -2.50. The van der Waals surface area contributed by atoms with Crippen LogP contribution in [0.1, 0.15) is 23.6 Å². The Balaban J connectivity index is 2.14. The van der Waals surface area contributed by atoms with Crippen LogP contribution in [-0.2, 0) is 30.3 Å². The van der Waals surface area contributed by atoms with E-state index in [0.717, 1.165) is 16.9 Å². The number of hydrogen-bond donors (Lipinski definition) is 1. The fourth-order valence-electron chi connectivity index (χ4n) is 4.98. The molecule has 0 amide bonds. The van der Waals surface area contributed by atoms with E-state index in [0.29, 0.717) is 36.0 Å². The van der Waals surface area contributed by atoms with Crippen LogP contribution in [0.25, 0.3) is 0 Å². The molecular weight excluding hydrogens is 588 g/mol. The first-order valence-corrected chi connectivity index (χ1v) is 15.5. The zero-order valence-electron chi connectivity index (χ0n) is 25.0. The van der Waals surface area contributed by atoms with Crippen molar-refractivity contribution in [1.82, 2.24) is 0 Å². The van der Waals surface area contributed by atoms with E-state index in [4.69, 9.17) is 40.0 Å². The van der Waals surface area contributed by atoms with Crippen molar-refractivity contribution in [1.29, 1.82) is 0 Å². The molecule has 0 bridgehead atoms. The molecular formula is C34H43ClO7S. The Morgan fingerprint density at radius 1 is 0.907 bits per heavy atom. The second-order valence-corrected chi connectivity index (χ2v) is 11.7. The molecule has 1 aliphatic rings. The molecule has 3 rings (SSSR count). The van der Waals surface area contributed by atoms with Gasteiger partial charge in [0.1, 0.15) is 29.8 Å². The molecule has 2 aromatic carbocycles. The molecule has 0 spiro atoms. The van der Waals surface area contributed by atoms with E-state index >= 15 is 0 Å². The van der Waals surface area contributed by atoms with E-state index in [1.165, 1.54) is 11.8 Å². The van der Waals surface area contributed by atoms with Crippen molar-refractivity contribution in [2.45, 2.75) is 41.8 Å². The highest BCUT2D eigenvalue weighted by atomic mass is 35.5. The summed E-state index contributed by atoms with van der Waals surface area (Å²) in [6.07, 6.45) is 5.04. The summed E-state index contributed by atoms with van der Waals surface area (Å²) < 4.78 is 36.1. The van der Waals surface area contributed by atoms with E-state index in [-0.39, 0.29) is 31.7 Å². The summed E-state index contributed by atoms with van der Waals surface area (Å²) in [4.78, 5) is -1.66. The third-order valence-electron chi connectivity index (χ3n) is 6.81. The zero-order chi connectivity index (χ0) is 31.2. The number of rotatable bonds is 19. The van der Waals surface area contributed by atoms with Gasteiger partial charge in [-0.25, -0.2) is 0 Å². The SMILES string of the molecule is C=CCOC[C@H]1SC(O)(c2cc(Cc3ccc(OCC)cc3)c(Cl)cc2OC)[C@H](OCC=C)[C@@H](OCC=C)C1OCC=C. The molecule has 0 saturated carbocycles. The van der Waals surface area contributed by atoms with E-state index in [1.54, 1.807) is 37.5 Å². The maximum absolute atomic E-state index is 12.8. The molecule has 5 atom stereocenters. The van der Waals surface area contributed by atoms with E-state index < -0.39 is 23.2 Å². The highest BCUT2D eigenvalue weighted by molar-refractivity contribution is 8.00. The van der Waals surface area contributed by atoms with Gasteiger partial charge >= 0.3 is 0 Å². The van der Waals surface area contributed by atoms with Crippen LogP contribution in [0.5, 0.6) is 11.5 Å². The van der Waals surface area contributed by atoms with Gasteiger partial charge in [0.2, 0.25) is 0 Å². The third-order valence-corrected chi connectivity index (χ3v) is 8.68. The van der Waals surface area contributed by atoms with Crippen molar-refractivity contribution in [3.8, 4) is 11.5 Å². The van der Waals surface area contributed by atoms with Crippen molar-refractivity contribution in [2.75, 3.05) is 46.8 Å². The van der Waals surface area contributed by atoms with Gasteiger partial charge in [-0.05, 0) is 48.7 Å². The van der Waals surface area contributed by atoms with Crippen molar-refractivity contribution in [3.05, 3.63) is 109 Å². The van der Waals surface area contributed by atoms with Crippen LogP contribution < -0.4 is 9.47 Å². The summed E-state index contributed by atoms with van der Waals surface area (Å²) in [6.45, 7) is 19.0.